The molecule has 0 N–H and O–H groups in total. The van der Waals surface area contributed by atoms with Crippen LogP contribution in [0.25, 0.3) is 10.8 Å². The molecule has 2 bridgehead atoms. The first-order valence-corrected chi connectivity index (χ1v) is 7.53. The van der Waals surface area contributed by atoms with Crippen LogP contribution >= 0.6 is 0 Å². The number of hydrogen-bond donors (Lipinski definition) is 0. The average Bonchev–Trinajstić information content (AvgIpc) is 2.70. The standard InChI is InChI=1S/C17H20N2O/c1-19-13-6-7-14(19)11-15(10-13)20-17-16-5-3-2-4-12(16)8-9-18-17/h2-5,8-9,13-15H,6-7,10-11H2,1H3/t13-,14+,15-. The summed E-state index contributed by atoms with van der Waals surface area (Å²) in [4.78, 5) is 6.99. The highest BCUT2D eigenvalue weighted by molar-refractivity contribution is 5.86. The first-order valence-electron chi connectivity index (χ1n) is 7.53. The highest BCUT2D eigenvalue weighted by Crippen LogP contribution is 2.36. The zero-order valence-electron chi connectivity index (χ0n) is 11.8. The number of aromatic nitrogens is 1. The van der Waals surface area contributed by atoms with E-state index in [1.54, 1.807) is 0 Å². The third-order valence-corrected chi connectivity index (χ3v) is 4.97. The van der Waals surface area contributed by atoms with Crippen molar-refractivity contribution >= 4 is 10.8 Å². The minimum Gasteiger partial charge on any atom is -0.474 e. The fourth-order valence-electron chi connectivity index (χ4n) is 3.80. The lowest BCUT2D eigenvalue weighted by atomic mass is 10.0. The summed E-state index contributed by atoms with van der Waals surface area (Å²) >= 11 is 0. The molecule has 3 atom stereocenters. The molecule has 3 heteroatoms. The lowest BCUT2D eigenvalue weighted by Gasteiger charge is -2.36. The number of piperidine rings is 1. The van der Waals surface area contributed by atoms with Crippen molar-refractivity contribution in [2.24, 2.45) is 0 Å². The van der Waals surface area contributed by atoms with E-state index in [9.17, 15) is 0 Å². The van der Waals surface area contributed by atoms with Crippen LogP contribution in [0.15, 0.2) is 36.5 Å². The van der Waals surface area contributed by atoms with Crippen molar-refractivity contribution in [2.75, 3.05) is 7.05 Å². The lowest BCUT2D eigenvalue weighted by molar-refractivity contribution is 0.0643. The number of ether oxygens (including phenoxy) is 1. The van der Waals surface area contributed by atoms with E-state index < -0.39 is 0 Å². The van der Waals surface area contributed by atoms with Crippen LogP contribution in [-0.4, -0.2) is 35.1 Å². The molecule has 20 heavy (non-hydrogen) atoms. The van der Waals surface area contributed by atoms with Crippen LogP contribution in [0.2, 0.25) is 0 Å². The molecule has 2 aliphatic heterocycles. The molecule has 0 aliphatic carbocycles. The summed E-state index contributed by atoms with van der Waals surface area (Å²) in [7, 11) is 2.26. The molecular weight excluding hydrogens is 248 g/mol. The Morgan fingerprint density at radius 2 is 1.85 bits per heavy atom. The number of benzene rings is 1. The first-order chi connectivity index (χ1) is 9.81. The van der Waals surface area contributed by atoms with Crippen molar-refractivity contribution in [3.8, 4) is 5.88 Å². The maximum Gasteiger partial charge on any atom is 0.221 e. The van der Waals surface area contributed by atoms with Gasteiger partial charge in [0.2, 0.25) is 5.88 Å². The van der Waals surface area contributed by atoms with E-state index in [2.05, 4.69) is 41.2 Å². The van der Waals surface area contributed by atoms with Crippen LogP contribution in [0, 0.1) is 0 Å². The monoisotopic (exact) mass is 268 g/mol. The Morgan fingerprint density at radius 1 is 1.10 bits per heavy atom. The molecule has 3 nitrogen and oxygen atoms in total. The van der Waals surface area contributed by atoms with Gasteiger partial charge in [-0.05, 0) is 50.2 Å². The predicted molar refractivity (Wildman–Crippen MR) is 80.0 cm³/mol. The van der Waals surface area contributed by atoms with E-state index >= 15 is 0 Å². The van der Waals surface area contributed by atoms with Crippen molar-refractivity contribution in [3.05, 3.63) is 36.5 Å². The molecule has 104 valence electrons. The van der Waals surface area contributed by atoms with Crippen LogP contribution in [0.3, 0.4) is 0 Å². The van der Waals surface area contributed by atoms with E-state index in [0.29, 0.717) is 18.2 Å². The van der Waals surface area contributed by atoms with Crippen LogP contribution < -0.4 is 4.74 Å². The second-order valence-electron chi connectivity index (χ2n) is 6.10. The van der Waals surface area contributed by atoms with Crippen LogP contribution in [0.4, 0.5) is 0 Å². The van der Waals surface area contributed by atoms with E-state index in [0.717, 1.165) is 24.1 Å². The number of rotatable bonds is 2. The zero-order valence-corrected chi connectivity index (χ0v) is 11.8. The van der Waals surface area contributed by atoms with Gasteiger partial charge in [0.25, 0.3) is 0 Å². The van der Waals surface area contributed by atoms with Crippen LogP contribution in [0.5, 0.6) is 5.88 Å². The molecule has 2 aromatic rings. The van der Waals surface area contributed by atoms with E-state index in [4.69, 9.17) is 4.74 Å². The SMILES string of the molecule is CN1[C@@H]2CC[C@H]1C[C@H](Oc1nccc3ccccc13)C2. The van der Waals surface area contributed by atoms with Gasteiger partial charge in [-0.3, -0.25) is 0 Å². The molecular formula is C17H20N2O. The highest BCUT2D eigenvalue weighted by atomic mass is 16.5. The summed E-state index contributed by atoms with van der Waals surface area (Å²) in [5.41, 5.74) is 0. The van der Waals surface area contributed by atoms with Gasteiger partial charge >= 0.3 is 0 Å². The Balaban J connectivity index is 1.59. The maximum atomic E-state index is 6.26. The average molecular weight is 268 g/mol. The van der Waals surface area contributed by atoms with Gasteiger partial charge in [0.05, 0.1) is 0 Å². The minimum absolute atomic E-state index is 0.321. The van der Waals surface area contributed by atoms with Gasteiger partial charge < -0.3 is 9.64 Å². The Morgan fingerprint density at radius 3 is 2.65 bits per heavy atom. The molecule has 0 spiro atoms. The van der Waals surface area contributed by atoms with Crippen molar-refractivity contribution in [1.82, 2.24) is 9.88 Å². The lowest BCUT2D eigenvalue weighted by Crippen LogP contribution is -2.43. The van der Waals surface area contributed by atoms with E-state index in [1.807, 2.05) is 12.3 Å². The van der Waals surface area contributed by atoms with E-state index in [1.165, 1.54) is 18.2 Å². The van der Waals surface area contributed by atoms with Crippen molar-refractivity contribution in [1.29, 1.82) is 0 Å². The molecule has 0 radical (unpaired) electrons. The molecule has 0 amide bonds. The normalized spacial score (nSPS) is 29.8. The minimum atomic E-state index is 0.321. The second kappa shape index (κ2) is 4.74. The largest absolute Gasteiger partial charge is 0.474 e. The number of fused-ring (bicyclic) bond motifs is 3. The molecule has 2 fully saturated rings. The maximum absolute atomic E-state index is 6.26. The van der Waals surface area contributed by atoms with Gasteiger partial charge in [-0.25, -0.2) is 4.98 Å². The first kappa shape index (κ1) is 12.2. The van der Waals surface area contributed by atoms with Gasteiger partial charge in [-0.1, -0.05) is 18.2 Å². The molecule has 0 unspecified atom stereocenters. The highest BCUT2D eigenvalue weighted by Gasteiger charge is 2.39. The third kappa shape index (κ3) is 1.97. The van der Waals surface area contributed by atoms with Crippen molar-refractivity contribution < 1.29 is 4.74 Å². The Hall–Kier alpha value is -1.61. The second-order valence-corrected chi connectivity index (χ2v) is 6.10. The smallest absolute Gasteiger partial charge is 0.221 e. The molecule has 3 heterocycles. The van der Waals surface area contributed by atoms with Crippen molar-refractivity contribution in [3.63, 3.8) is 0 Å². The van der Waals surface area contributed by atoms with Crippen LogP contribution in [0.1, 0.15) is 25.7 Å². The number of nitrogens with zero attached hydrogens (tertiary/aromatic N) is 2. The quantitative estimate of drug-likeness (QED) is 0.836. The molecule has 4 rings (SSSR count). The van der Waals surface area contributed by atoms with Crippen LogP contribution in [-0.2, 0) is 0 Å². The third-order valence-electron chi connectivity index (χ3n) is 4.97. The Bertz CT molecular complexity index is 608. The molecule has 1 aromatic carbocycles. The fraction of sp³-hybridized carbons (Fsp3) is 0.471. The van der Waals surface area contributed by atoms with Gasteiger partial charge in [0, 0.05) is 23.7 Å². The number of hydrogen-bond acceptors (Lipinski definition) is 3. The van der Waals surface area contributed by atoms with Crippen molar-refractivity contribution in [2.45, 2.75) is 43.9 Å². The molecule has 1 aromatic heterocycles. The van der Waals surface area contributed by atoms with E-state index in [-0.39, 0.29) is 0 Å². The number of pyridine rings is 1. The summed E-state index contributed by atoms with van der Waals surface area (Å²) in [6.07, 6.45) is 7.09. The predicted octanol–water partition coefficient (Wildman–Crippen LogP) is 3.24. The van der Waals surface area contributed by atoms with Gasteiger partial charge in [-0.15, -0.1) is 0 Å². The summed E-state index contributed by atoms with van der Waals surface area (Å²) in [5.74, 6) is 0.803. The van der Waals surface area contributed by atoms with Gasteiger partial charge in [-0.2, -0.15) is 0 Å². The summed E-state index contributed by atoms with van der Waals surface area (Å²) in [5, 5.41) is 2.33. The Labute approximate surface area is 119 Å². The molecule has 2 aliphatic rings. The molecule has 0 saturated carbocycles. The Kier molecular flexibility index (Phi) is 2.88. The molecule has 2 saturated heterocycles. The summed E-state index contributed by atoms with van der Waals surface area (Å²) < 4.78 is 6.26. The van der Waals surface area contributed by atoms with Gasteiger partial charge in [0.15, 0.2) is 0 Å². The topological polar surface area (TPSA) is 25.4 Å². The fourth-order valence-corrected chi connectivity index (χ4v) is 3.80. The van der Waals surface area contributed by atoms with Gasteiger partial charge in [0.1, 0.15) is 6.10 Å². The summed E-state index contributed by atoms with van der Waals surface area (Å²) in [6, 6.07) is 11.8. The zero-order chi connectivity index (χ0) is 13.5. The summed E-state index contributed by atoms with van der Waals surface area (Å²) in [6.45, 7) is 0.